The number of carbonyl (C=O) groups is 1. The Morgan fingerprint density at radius 2 is 1.88 bits per heavy atom. The minimum Gasteiger partial charge on any atom is -0.337 e. The van der Waals surface area contributed by atoms with Crippen molar-refractivity contribution < 1.29 is 9.69 Å². The minimum atomic E-state index is 0.176. The summed E-state index contributed by atoms with van der Waals surface area (Å²) in [7, 11) is 1.87. The Balaban J connectivity index is 1.48. The summed E-state index contributed by atoms with van der Waals surface area (Å²) in [5.74, 6) is 0.953. The Morgan fingerprint density at radius 1 is 1.20 bits per heavy atom. The van der Waals surface area contributed by atoms with Gasteiger partial charge in [-0.25, -0.2) is 9.97 Å². The summed E-state index contributed by atoms with van der Waals surface area (Å²) >= 11 is 3.54. The smallest absolute Gasteiger partial charge is 0.277 e. The summed E-state index contributed by atoms with van der Waals surface area (Å²) in [6.07, 6.45) is 3.53. The fraction of sp³-hybridized carbons (Fsp3) is 0.389. The number of hydrogen-bond donors (Lipinski definition) is 1. The Hall–Kier alpha value is -1.99. The van der Waals surface area contributed by atoms with Crippen LogP contribution in [-0.2, 0) is 11.3 Å². The number of likely N-dealkylation sites (N-methyl/N-ethyl adjacent to an activating group) is 1. The molecule has 0 saturated carbocycles. The molecular weight excluding hydrogens is 382 g/mol. The van der Waals surface area contributed by atoms with Crippen LogP contribution in [0.2, 0.25) is 0 Å². The summed E-state index contributed by atoms with van der Waals surface area (Å²) < 4.78 is 1.04. The van der Waals surface area contributed by atoms with Crippen LogP contribution in [0.1, 0.15) is 5.56 Å². The van der Waals surface area contributed by atoms with Crippen molar-refractivity contribution >= 4 is 27.8 Å². The summed E-state index contributed by atoms with van der Waals surface area (Å²) in [5, 5.41) is 0. The highest BCUT2D eigenvalue weighted by Gasteiger charge is 2.24. The largest absolute Gasteiger partial charge is 0.337 e. The molecule has 1 fully saturated rings. The summed E-state index contributed by atoms with van der Waals surface area (Å²) in [4.78, 5) is 26.4. The number of benzene rings is 1. The van der Waals surface area contributed by atoms with E-state index in [4.69, 9.17) is 0 Å². The van der Waals surface area contributed by atoms with Gasteiger partial charge in [-0.05, 0) is 17.7 Å². The number of amides is 1. The number of hydrogen-bond acceptors (Lipinski definition) is 4. The molecule has 1 aromatic heterocycles. The first-order chi connectivity index (χ1) is 12.1. The zero-order valence-electron chi connectivity index (χ0n) is 14.4. The van der Waals surface area contributed by atoms with Crippen molar-refractivity contribution in [2.75, 3.05) is 44.7 Å². The molecule has 0 unspecified atom stereocenters. The molecule has 7 heteroatoms. The normalized spacial score (nSPS) is 15.2. The Morgan fingerprint density at radius 3 is 2.56 bits per heavy atom. The SMILES string of the molecule is CN(Cc1ccccc1Br)C(=O)C[NH+]1CCN(c2ncccn2)CC1. The molecule has 132 valence electrons. The summed E-state index contributed by atoms with van der Waals surface area (Å²) in [6.45, 7) is 4.75. The van der Waals surface area contributed by atoms with Gasteiger partial charge >= 0.3 is 0 Å². The van der Waals surface area contributed by atoms with Crippen LogP contribution in [0.5, 0.6) is 0 Å². The minimum absolute atomic E-state index is 0.176. The van der Waals surface area contributed by atoms with Gasteiger partial charge in [-0.3, -0.25) is 4.79 Å². The second kappa shape index (κ2) is 8.40. The van der Waals surface area contributed by atoms with Crippen LogP contribution < -0.4 is 9.80 Å². The van der Waals surface area contributed by atoms with Crippen molar-refractivity contribution in [3.8, 4) is 0 Å². The molecule has 1 aliphatic rings. The van der Waals surface area contributed by atoms with Crippen LogP contribution in [0.4, 0.5) is 5.95 Å². The molecule has 0 atom stereocenters. The third-order valence-corrected chi connectivity index (χ3v) is 5.27. The lowest BCUT2D eigenvalue weighted by Gasteiger charge is -2.32. The molecule has 0 aliphatic carbocycles. The van der Waals surface area contributed by atoms with Gasteiger partial charge in [-0.1, -0.05) is 34.1 Å². The lowest BCUT2D eigenvalue weighted by molar-refractivity contribution is -0.892. The van der Waals surface area contributed by atoms with Crippen LogP contribution in [-0.4, -0.2) is 60.5 Å². The number of quaternary nitrogens is 1. The molecule has 0 radical (unpaired) electrons. The van der Waals surface area contributed by atoms with Crippen LogP contribution in [0.3, 0.4) is 0 Å². The predicted octanol–water partition coefficient (Wildman–Crippen LogP) is 0.603. The number of halogens is 1. The number of rotatable bonds is 5. The van der Waals surface area contributed by atoms with Gasteiger partial charge < -0.3 is 14.7 Å². The number of nitrogens with one attached hydrogen (secondary N) is 1. The first-order valence-corrected chi connectivity index (χ1v) is 9.25. The predicted molar refractivity (Wildman–Crippen MR) is 100 cm³/mol. The molecule has 2 aromatic rings. The third kappa shape index (κ3) is 4.76. The molecule has 1 N–H and O–H groups in total. The second-order valence-corrected chi connectivity index (χ2v) is 7.16. The fourth-order valence-corrected chi connectivity index (χ4v) is 3.38. The summed E-state index contributed by atoms with van der Waals surface area (Å²) in [5.41, 5.74) is 1.12. The van der Waals surface area contributed by atoms with Crippen molar-refractivity contribution in [3.05, 3.63) is 52.8 Å². The molecule has 0 bridgehead atoms. The molecule has 1 saturated heterocycles. The third-order valence-electron chi connectivity index (χ3n) is 4.50. The zero-order valence-corrected chi connectivity index (χ0v) is 15.9. The molecular formula is C18H23BrN5O+. The van der Waals surface area contributed by atoms with E-state index in [1.54, 1.807) is 17.3 Å². The van der Waals surface area contributed by atoms with Crippen LogP contribution in [0.25, 0.3) is 0 Å². The van der Waals surface area contributed by atoms with Gasteiger partial charge in [0.15, 0.2) is 6.54 Å². The molecule has 3 rings (SSSR count). The quantitative estimate of drug-likeness (QED) is 0.792. The first-order valence-electron chi connectivity index (χ1n) is 8.46. The average Bonchev–Trinajstić information content (AvgIpc) is 2.65. The van der Waals surface area contributed by atoms with E-state index in [2.05, 4.69) is 30.8 Å². The summed E-state index contributed by atoms with van der Waals surface area (Å²) in [6, 6.07) is 9.84. The maximum absolute atomic E-state index is 12.5. The van der Waals surface area contributed by atoms with E-state index >= 15 is 0 Å². The van der Waals surface area contributed by atoms with Crippen molar-refractivity contribution in [3.63, 3.8) is 0 Å². The van der Waals surface area contributed by atoms with Crippen molar-refractivity contribution in [1.82, 2.24) is 14.9 Å². The van der Waals surface area contributed by atoms with Crippen LogP contribution in [0.15, 0.2) is 47.2 Å². The van der Waals surface area contributed by atoms with Gasteiger partial charge in [0.05, 0.1) is 26.2 Å². The number of anilines is 1. The van der Waals surface area contributed by atoms with Gasteiger partial charge in [0.2, 0.25) is 5.95 Å². The molecule has 1 aromatic carbocycles. The average molecular weight is 405 g/mol. The van der Waals surface area contributed by atoms with Gasteiger partial charge in [0, 0.05) is 30.5 Å². The van der Waals surface area contributed by atoms with Gasteiger partial charge in [-0.2, -0.15) is 0 Å². The Labute approximate surface area is 156 Å². The molecule has 1 amide bonds. The maximum Gasteiger partial charge on any atom is 0.277 e. The van der Waals surface area contributed by atoms with Crippen molar-refractivity contribution in [1.29, 1.82) is 0 Å². The Kier molecular flexibility index (Phi) is 5.99. The zero-order chi connectivity index (χ0) is 17.6. The number of nitrogens with zero attached hydrogens (tertiary/aromatic N) is 4. The van der Waals surface area contributed by atoms with E-state index in [1.165, 1.54) is 4.90 Å². The van der Waals surface area contributed by atoms with E-state index in [-0.39, 0.29) is 5.91 Å². The first kappa shape index (κ1) is 17.8. The molecule has 2 heterocycles. The van der Waals surface area contributed by atoms with E-state index in [0.29, 0.717) is 13.1 Å². The lowest BCUT2D eigenvalue weighted by atomic mass is 10.2. The monoisotopic (exact) mass is 404 g/mol. The fourth-order valence-electron chi connectivity index (χ4n) is 2.97. The van der Waals surface area contributed by atoms with E-state index in [0.717, 1.165) is 42.2 Å². The Bertz CT molecular complexity index is 704. The topological polar surface area (TPSA) is 53.8 Å². The lowest BCUT2D eigenvalue weighted by Crippen LogP contribution is -3.15. The second-order valence-electron chi connectivity index (χ2n) is 6.30. The van der Waals surface area contributed by atoms with Crippen LogP contribution >= 0.6 is 15.9 Å². The highest BCUT2D eigenvalue weighted by Crippen LogP contribution is 2.17. The molecule has 25 heavy (non-hydrogen) atoms. The van der Waals surface area contributed by atoms with E-state index in [1.807, 2.05) is 37.4 Å². The van der Waals surface area contributed by atoms with Gasteiger partial charge in [-0.15, -0.1) is 0 Å². The number of carbonyl (C=O) groups excluding carboxylic acids is 1. The molecule has 1 aliphatic heterocycles. The standard InChI is InChI=1S/C18H22BrN5O/c1-22(13-15-5-2-3-6-16(15)19)17(25)14-23-9-11-24(12-10-23)18-20-7-4-8-21-18/h2-8H,9-14H2,1H3/p+1. The van der Waals surface area contributed by atoms with E-state index < -0.39 is 0 Å². The molecule has 0 spiro atoms. The number of piperazine rings is 1. The highest BCUT2D eigenvalue weighted by molar-refractivity contribution is 9.10. The van der Waals surface area contributed by atoms with Gasteiger partial charge in [0.1, 0.15) is 0 Å². The maximum atomic E-state index is 12.5. The molecule has 6 nitrogen and oxygen atoms in total. The van der Waals surface area contributed by atoms with Crippen molar-refractivity contribution in [2.45, 2.75) is 6.54 Å². The highest BCUT2D eigenvalue weighted by atomic mass is 79.9. The van der Waals surface area contributed by atoms with Crippen LogP contribution in [0, 0.1) is 0 Å². The van der Waals surface area contributed by atoms with Crippen molar-refractivity contribution in [2.24, 2.45) is 0 Å². The van der Waals surface area contributed by atoms with E-state index in [9.17, 15) is 4.79 Å². The van der Waals surface area contributed by atoms with Gasteiger partial charge in [0.25, 0.3) is 5.91 Å². The number of aromatic nitrogens is 2.